The molecule has 3 rings (SSSR count). The summed E-state index contributed by atoms with van der Waals surface area (Å²) in [5.74, 6) is 0.327. The fraction of sp³-hybridized carbons (Fsp3) is 0.259. The highest BCUT2D eigenvalue weighted by molar-refractivity contribution is 9.10. The van der Waals surface area contributed by atoms with Crippen LogP contribution in [0, 0.1) is 0 Å². The lowest BCUT2D eigenvalue weighted by Gasteiger charge is -2.23. The van der Waals surface area contributed by atoms with Crippen LogP contribution >= 0.6 is 15.9 Å². The number of hydrogen-bond donors (Lipinski definition) is 1. The number of carbonyl (C=O) groups excluding carboxylic acids is 2. The number of rotatable bonds is 7. The van der Waals surface area contributed by atoms with Gasteiger partial charge in [-0.05, 0) is 66.9 Å². The standard InChI is InChI=1S/C27H29BrN2O3/c1-5-30(22-9-7-6-8-10-22)26(32)19-11-14-21(15-12-19)29-25(31)18-33-24-16-13-20(28)17-23(24)27(2,3)4/h6-17H,5,18H2,1-4H3,(H,29,31). The van der Waals surface area contributed by atoms with Crippen LogP contribution in [-0.4, -0.2) is 25.0 Å². The lowest BCUT2D eigenvalue weighted by molar-refractivity contribution is -0.118. The minimum absolute atomic E-state index is 0.0881. The van der Waals surface area contributed by atoms with E-state index in [0.29, 0.717) is 23.5 Å². The molecule has 5 nitrogen and oxygen atoms in total. The van der Waals surface area contributed by atoms with Crippen LogP contribution in [0.15, 0.2) is 77.3 Å². The summed E-state index contributed by atoms with van der Waals surface area (Å²) in [6.45, 7) is 8.69. The van der Waals surface area contributed by atoms with Gasteiger partial charge >= 0.3 is 0 Å². The molecule has 2 amide bonds. The number of amides is 2. The molecule has 6 heteroatoms. The average molecular weight is 509 g/mol. The van der Waals surface area contributed by atoms with E-state index in [4.69, 9.17) is 4.74 Å². The third-order valence-electron chi connectivity index (χ3n) is 5.15. The van der Waals surface area contributed by atoms with E-state index in [1.807, 2.05) is 55.5 Å². The molecule has 0 unspecified atom stereocenters. The van der Waals surface area contributed by atoms with Crippen LogP contribution in [0.3, 0.4) is 0 Å². The van der Waals surface area contributed by atoms with Crippen LogP contribution < -0.4 is 15.0 Å². The molecule has 0 aliphatic heterocycles. The molecule has 0 radical (unpaired) electrons. The van der Waals surface area contributed by atoms with Gasteiger partial charge in [0.1, 0.15) is 5.75 Å². The number of para-hydroxylation sites is 1. The first-order valence-electron chi connectivity index (χ1n) is 10.9. The van der Waals surface area contributed by atoms with Gasteiger partial charge in [0.2, 0.25) is 0 Å². The van der Waals surface area contributed by atoms with Gasteiger partial charge in [0.05, 0.1) is 0 Å². The van der Waals surface area contributed by atoms with Crippen molar-refractivity contribution in [2.45, 2.75) is 33.1 Å². The van der Waals surface area contributed by atoms with E-state index in [1.165, 1.54) is 0 Å². The van der Waals surface area contributed by atoms with Crippen LogP contribution in [0.25, 0.3) is 0 Å². The fourth-order valence-electron chi connectivity index (χ4n) is 3.46. The van der Waals surface area contributed by atoms with Gasteiger partial charge in [-0.15, -0.1) is 0 Å². The Kier molecular flexibility index (Phi) is 7.92. The van der Waals surface area contributed by atoms with Gasteiger partial charge in [0.15, 0.2) is 6.61 Å². The number of ether oxygens (including phenoxy) is 1. The Bertz CT molecular complexity index is 1110. The summed E-state index contributed by atoms with van der Waals surface area (Å²) in [7, 11) is 0. The van der Waals surface area contributed by atoms with Crippen LogP contribution in [0.5, 0.6) is 5.75 Å². The molecule has 1 N–H and O–H groups in total. The molecule has 0 aliphatic carbocycles. The van der Waals surface area contributed by atoms with E-state index >= 15 is 0 Å². The molecule has 172 valence electrons. The van der Waals surface area contributed by atoms with E-state index in [1.54, 1.807) is 29.2 Å². The Morgan fingerprint density at radius 1 is 0.970 bits per heavy atom. The smallest absolute Gasteiger partial charge is 0.262 e. The first-order valence-corrected chi connectivity index (χ1v) is 11.7. The van der Waals surface area contributed by atoms with Gasteiger partial charge < -0.3 is 15.0 Å². The topological polar surface area (TPSA) is 58.6 Å². The molecule has 3 aromatic carbocycles. The highest BCUT2D eigenvalue weighted by Crippen LogP contribution is 2.33. The molecule has 0 heterocycles. The van der Waals surface area contributed by atoms with E-state index in [2.05, 4.69) is 42.0 Å². The van der Waals surface area contributed by atoms with Gasteiger partial charge in [0, 0.05) is 33.5 Å². The van der Waals surface area contributed by atoms with Crippen molar-refractivity contribution >= 4 is 39.1 Å². The van der Waals surface area contributed by atoms with E-state index in [-0.39, 0.29) is 23.8 Å². The summed E-state index contributed by atoms with van der Waals surface area (Å²) in [5, 5.41) is 2.82. The molecule has 0 bridgehead atoms. The predicted molar refractivity (Wildman–Crippen MR) is 137 cm³/mol. The summed E-state index contributed by atoms with van der Waals surface area (Å²) >= 11 is 3.49. The van der Waals surface area contributed by atoms with E-state index in [9.17, 15) is 9.59 Å². The second-order valence-electron chi connectivity index (χ2n) is 8.69. The summed E-state index contributed by atoms with van der Waals surface area (Å²) in [6, 6.07) is 22.2. The van der Waals surface area contributed by atoms with Crippen LogP contribution in [-0.2, 0) is 10.2 Å². The highest BCUT2D eigenvalue weighted by atomic mass is 79.9. The first kappa shape index (κ1) is 24.5. The van der Waals surface area contributed by atoms with Crippen molar-refractivity contribution in [3.63, 3.8) is 0 Å². The molecule has 0 aliphatic rings. The summed E-state index contributed by atoms with van der Waals surface area (Å²) in [4.78, 5) is 27.1. The molecule has 33 heavy (non-hydrogen) atoms. The van der Waals surface area contributed by atoms with Crippen molar-refractivity contribution in [1.29, 1.82) is 0 Å². The molecule has 0 spiro atoms. The normalized spacial score (nSPS) is 11.1. The van der Waals surface area contributed by atoms with Crippen molar-refractivity contribution in [2.24, 2.45) is 0 Å². The largest absolute Gasteiger partial charge is 0.483 e. The Labute approximate surface area is 203 Å². The van der Waals surface area contributed by atoms with Crippen molar-refractivity contribution < 1.29 is 14.3 Å². The molecule has 0 atom stereocenters. The number of hydrogen-bond acceptors (Lipinski definition) is 3. The number of halogens is 1. The maximum atomic E-state index is 12.9. The molecular weight excluding hydrogens is 480 g/mol. The number of nitrogens with zero attached hydrogens (tertiary/aromatic N) is 1. The van der Waals surface area contributed by atoms with Gasteiger partial charge in [-0.2, -0.15) is 0 Å². The number of anilines is 2. The number of benzene rings is 3. The van der Waals surface area contributed by atoms with Crippen molar-refractivity contribution in [3.8, 4) is 5.75 Å². The van der Waals surface area contributed by atoms with Gasteiger partial charge in [-0.25, -0.2) is 0 Å². The van der Waals surface area contributed by atoms with Crippen LogP contribution in [0.4, 0.5) is 11.4 Å². The molecule has 0 saturated carbocycles. The molecule has 3 aromatic rings. The molecule has 0 saturated heterocycles. The predicted octanol–water partition coefficient (Wildman–Crippen LogP) is 6.43. The quantitative estimate of drug-likeness (QED) is 0.399. The average Bonchev–Trinajstić information content (AvgIpc) is 2.79. The Balaban J connectivity index is 1.62. The van der Waals surface area contributed by atoms with E-state index in [0.717, 1.165) is 15.7 Å². The minimum Gasteiger partial charge on any atom is -0.483 e. The minimum atomic E-state index is -0.267. The monoisotopic (exact) mass is 508 g/mol. The first-order chi connectivity index (χ1) is 15.7. The number of carbonyl (C=O) groups is 2. The highest BCUT2D eigenvalue weighted by Gasteiger charge is 2.20. The van der Waals surface area contributed by atoms with Crippen LogP contribution in [0.1, 0.15) is 43.6 Å². The van der Waals surface area contributed by atoms with Crippen molar-refractivity contribution in [1.82, 2.24) is 0 Å². The van der Waals surface area contributed by atoms with Crippen molar-refractivity contribution in [3.05, 3.63) is 88.4 Å². The zero-order valence-corrected chi connectivity index (χ0v) is 21.0. The van der Waals surface area contributed by atoms with Gasteiger partial charge in [0.25, 0.3) is 11.8 Å². The fourth-order valence-corrected chi connectivity index (χ4v) is 3.82. The zero-order chi connectivity index (χ0) is 24.0. The summed E-state index contributed by atoms with van der Waals surface area (Å²) in [6.07, 6.45) is 0. The third-order valence-corrected chi connectivity index (χ3v) is 5.65. The maximum Gasteiger partial charge on any atom is 0.262 e. The maximum absolute atomic E-state index is 12.9. The van der Waals surface area contributed by atoms with Gasteiger partial charge in [-0.1, -0.05) is 54.9 Å². The number of nitrogens with one attached hydrogen (secondary N) is 1. The van der Waals surface area contributed by atoms with E-state index < -0.39 is 0 Å². The Morgan fingerprint density at radius 2 is 1.64 bits per heavy atom. The summed E-state index contributed by atoms with van der Waals surface area (Å²) < 4.78 is 6.78. The Hall–Kier alpha value is -3.12. The molecule has 0 aromatic heterocycles. The summed E-state index contributed by atoms with van der Waals surface area (Å²) in [5.41, 5.74) is 2.91. The van der Waals surface area contributed by atoms with Gasteiger partial charge in [-0.3, -0.25) is 9.59 Å². The second-order valence-corrected chi connectivity index (χ2v) is 9.61. The Morgan fingerprint density at radius 3 is 2.24 bits per heavy atom. The lowest BCUT2D eigenvalue weighted by atomic mass is 9.86. The second kappa shape index (κ2) is 10.7. The molecular formula is C27H29BrN2O3. The van der Waals surface area contributed by atoms with Crippen molar-refractivity contribution in [2.75, 3.05) is 23.4 Å². The lowest BCUT2D eigenvalue weighted by Crippen LogP contribution is -2.30. The zero-order valence-electron chi connectivity index (χ0n) is 19.4. The van der Waals surface area contributed by atoms with Crippen LogP contribution in [0.2, 0.25) is 0 Å². The molecule has 0 fully saturated rings. The SMILES string of the molecule is CCN(C(=O)c1ccc(NC(=O)COc2ccc(Br)cc2C(C)(C)C)cc1)c1ccccc1. The third kappa shape index (κ3) is 6.45.